The van der Waals surface area contributed by atoms with Crippen molar-refractivity contribution in [2.75, 3.05) is 37.7 Å². The maximum Gasteiger partial charge on any atom is 0.326 e. The monoisotopic (exact) mass is 440 g/mol. The minimum Gasteiger partial charge on any atom is -0.369 e. The van der Waals surface area contributed by atoms with E-state index in [1.54, 1.807) is 0 Å². The first-order chi connectivity index (χ1) is 14.9. The number of anilines is 1. The van der Waals surface area contributed by atoms with Gasteiger partial charge in [-0.1, -0.05) is 61.8 Å². The SMILES string of the molecule is CC(C)CC1(c2ccccc2)NC(=O)N(CN2CCN(c3cccc(Cl)c3)CC2)C1=O. The molecule has 4 rings (SSSR count). The number of urea groups is 1. The molecule has 0 saturated carbocycles. The van der Waals surface area contributed by atoms with Crippen molar-refractivity contribution in [3.8, 4) is 0 Å². The summed E-state index contributed by atoms with van der Waals surface area (Å²) in [6.45, 7) is 7.63. The largest absolute Gasteiger partial charge is 0.369 e. The van der Waals surface area contributed by atoms with Crippen LogP contribution in [0.1, 0.15) is 25.8 Å². The quantitative estimate of drug-likeness (QED) is 0.692. The Hall–Kier alpha value is -2.57. The Morgan fingerprint density at radius 1 is 1.00 bits per heavy atom. The third kappa shape index (κ3) is 4.41. The number of carbonyl (C=O) groups excluding carboxylic acids is 2. The Morgan fingerprint density at radius 2 is 1.71 bits per heavy atom. The summed E-state index contributed by atoms with van der Waals surface area (Å²) < 4.78 is 0. The molecule has 0 aromatic heterocycles. The van der Waals surface area contributed by atoms with Crippen molar-refractivity contribution in [1.82, 2.24) is 15.1 Å². The molecule has 0 spiro atoms. The zero-order chi connectivity index (χ0) is 22.0. The van der Waals surface area contributed by atoms with Crippen LogP contribution in [0.4, 0.5) is 10.5 Å². The molecule has 7 heteroatoms. The van der Waals surface area contributed by atoms with Crippen LogP contribution in [0.25, 0.3) is 0 Å². The highest BCUT2D eigenvalue weighted by molar-refractivity contribution is 6.30. The van der Waals surface area contributed by atoms with E-state index < -0.39 is 5.54 Å². The van der Waals surface area contributed by atoms with Crippen LogP contribution in [-0.4, -0.2) is 54.6 Å². The van der Waals surface area contributed by atoms with E-state index in [4.69, 9.17) is 11.6 Å². The Morgan fingerprint density at radius 3 is 2.35 bits per heavy atom. The van der Waals surface area contributed by atoms with Crippen LogP contribution < -0.4 is 10.2 Å². The summed E-state index contributed by atoms with van der Waals surface area (Å²) in [7, 11) is 0. The van der Waals surface area contributed by atoms with Gasteiger partial charge in [0.1, 0.15) is 5.54 Å². The predicted molar refractivity (Wildman–Crippen MR) is 123 cm³/mol. The fourth-order valence-electron chi connectivity index (χ4n) is 4.56. The van der Waals surface area contributed by atoms with Gasteiger partial charge in [0, 0.05) is 36.9 Å². The molecule has 6 nitrogen and oxygen atoms in total. The molecule has 1 N–H and O–H groups in total. The van der Waals surface area contributed by atoms with Crippen LogP contribution in [-0.2, 0) is 10.3 Å². The molecule has 2 aliphatic heterocycles. The molecular formula is C24H29ClN4O2. The molecule has 0 bridgehead atoms. The zero-order valence-corrected chi connectivity index (χ0v) is 18.8. The molecule has 2 aliphatic rings. The van der Waals surface area contributed by atoms with Gasteiger partial charge in [-0.05, 0) is 36.1 Å². The minimum absolute atomic E-state index is 0.158. The standard InChI is InChI=1S/C24H29ClN4O2/c1-18(2)16-24(19-7-4-3-5-8-19)22(30)29(23(31)26-24)17-27-11-13-28(14-12-27)21-10-6-9-20(25)15-21/h3-10,15,18H,11-14,16-17H2,1-2H3,(H,26,31). The fourth-order valence-corrected chi connectivity index (χ4v) is 4.75. The summed E-state index contributed by atoms with van der Waals surface area (Å²) in [5.41, 5.74) is 0.951. The average molecular weight is 441 g/mol. The second-order valence-corrected chi connectivity index (χ2v) is 9.20. The summed E-state index contributed by atoms with van der Waals surface area (Å²) in [4.78, 5) is 32.3. The number of hydrogen-bond donors (Lipinski definition) is 1. The number of halogens is 1. The van der Waals surface area contributed by atoms with Crippen molar-refractivity contribution in [2.24, 2.45) is 5.92 Å². The Balaban J connectivity index is 1.46. The van der Waals surface area contributed by atoms with E-state index in [2.05, 4.69) is 35.0 Å². The topological polar surface area (TPSA) is 55.9 Å². The van der Waals surface area contributed by atoms with E-state index >= 15 is 0 Å². The lowest BCUT2D eigenvalue weighted by molar-refractivity contribution is -0.133. The first-order valence-corrected chi connectivity index (χ1v) is 11.2. The van der Waals surface area contributed by atoms with E-state index in [0.717, 1.165) is 42.5 Å². The van der Waals surface area contributed by atoms with Gasteiger partial charge in [0.2, 0.25) is 0 Å². The van der Waals surface area contributed by atoms with E-state index in [1.165, 1.54) is 4.90 Å². The number of imide groups is 1. The molecule has 2 aromatic carbocycles. The van der Waals surface area contributed by atoms with E-state index in [9.17, 15) is 9.59 Å². The Labute approximate surface area is 188 Å². The number of amides is 3. The number of carbonyl (C=O) groups is 2. The molecule has 1 atom stereocenters. The number of nitrogens with zero attached hydrogens (tertiary/aromatic N) is 3. The highest BCUT2D eigenvalue weighted by Gasteiger charge is 2.52. The van der Waals surface area contributed by atoms with Gasteiger partial charge < -0.3 is 10.2 Å². The summed E-state index contributed by atoms with van der Waals surface area (Å²) in [5, 5.41) is 3.75. The molecule has 0 radical (unpaired) electrons. The summed E-state index contributed by atoms with van der Waals surface area (Å²) in [5.74, 6) is 0.0975. The van der Waals surface area contributed by atoms with Gasteiger partial charge in [-0.3, -0.25) is 9.69 Å². The third-order valence-corrected chi connectivity index (χ3v) is 6.28. The number of benzene rings is 2. The van der Waals surface area contributed by atoms with Crippen LogP contribution in [0.2, 0.25) is 5.02 Å². The fraction of sp³-hybridized carbons (Fsp3) is 0.417. The molecule has 2 heterocycles. The van der Waals surface area contributed by atoms with Gasteiger partial charge in [0.15, 0.2) is 0 Å². The molecule has 2 aromatic rings. The van der Waals surface area contributed by atoms with Crippen LogP contribution in [0, 0.1) is 5.92 Å². The van der Waals surface area contributed by atoms with Gasteiger partial charge in [0.05, 0.1) is 6.67 Å². The van der Waals surface area contributed by atoms with E-state index in [1.807, 2.05) is 48.5 Å². The van der Waals surface area contributed by atoms with Crippen molar-refractivity contribution in [3.05, 3.63) is 65.2 Å². The first-order valence-electron chi connectivity index (χ1n) is 10.8. The van der Waals surface area contributed by atoms with Crippen molar-refractivity contribution < 1.29 is 9.59 Å². The summed E-state index contributed by atoms with van der Waals surface area (Å²) >= 11 is 6.13. The molecule has 3 amide bonds. The second-order valence-electron chi connectivity index (χ2n) is 8.76. The lowest BCUT2D eigenvalue weighted by Crippen LogP contribution is -2.52. The number of rotatable bonds is 6. The maximum atomic E-state index is 13.6. The molecule has 0 aliphatic carbocycles. The van der Waals surface area contributed by atoms with Crippen molar-refractivity contribution >= 4 is 29.2 Å². The molecule has 1 unspecified atom stereocenters. The average Bonchev–Trinajstić information content (AvgIpc) is 2.99. The lowest BCUT2D eigenvalue weighted by Gasteiger charge is -2.37. The second kappa shape index (κ2) is 8.89. The first kappa shape index (κ1) is 21.7. The molecule has 2 fully saturated rings. The number of piperazine rings is 1. The third-order valence-electron chi connectivity index (χ3n) is 6.04. The van der Waals surface area contributed by atoms with Gasteiger partial charge in [0.25, 0.3) is 5.91 Å². The van der Waals surface area contributed by atoms with Crippen LogP contribution >= 0.6 is 11.6 Å². The van der Waals surface area contributed by atoms with E-state index in [-0.39, 0.29) is 17.9 Å². The minimum atomic E-state index is -0.991. The highest BCUT2D eigenvalue weighted by Crippen LogP contribution is 2.35. The number of hydrogen-bond acceptors (Lipinski definition) is 4. The maximum absolute atomic E-state index is 13.6. The molecular weight excluding hydrogens is 412 g/mol. The molecule has 2 saturated heterocycles. The van der Waals surface area contributed by atoms with E-state index in [0.29, 0.717) is 13.1 Å². The molecule has 31 heavy (non-hydrogen) atoms. The van der Waals surface area contributed by atoms with Crippen molar-refractivity contribution in [1.29, 1.82) is 0 Å². The molecule has 164 valence electrons. The number of nitrogens with one attached hydrogen (secondary N) is 1. The summed E-state index contributed by atoms with van der Waals surface area (Å²) in [6, 6.07) is 17.1. The summed E-state index contributed by atoms with van der Waals surface area (Å²) in [6.07, 6.45) is 0.570. The van der Waals surface area contributed by atoms with Gasteiger partial charge in [-0.15, -0.1) is 0 Å². The Kier molecular flexibility index (Phi) is 6.21. The van der Waals surface area contributed by atoms with Crippen molar-refractivity contribution in [3.63, 3.8) is 0 Å². The van der Waals surface area contributed by atoms with Gasteiger partial charge in [-0.2, -0.15) is 0 Å². The van der Waals surface area contributed by atoms with Crippen molar-refractivity contribution in [2.45, 2.75) is 25.8 Å². The van der Waals surface area contributed by atoms with Gasteiger partial charge >= 0.3 is 6.03 Å². The zero-order valence-electron chi connectivity index (χ0n) is 18.1. The highest BCUT2D eigenvalue weighted by atomic mass is 35.5. The van der Waals surface area contributed by atoms with Crippen LogP contribution in [0.5, 0.6) is 0 Å². The Bertz CT molecular complexity index is 944. The lowest BCUT2D eigenvalue weighted by atomic mass is 9.82. The van der Waals surface area contributed by atoms with Crippen LogP contribution in [0.3, 0.4) is 0 Å². The van der Waals surface area contributed by atoms with Gasteiger partial charge in [-0.25, -0.2) is 9.69 Å². The smallest absolute Gasteiger partial charge is 0.326 e. The predicted octanol–water partition coefficient (Wildman–Crippen LogP) is 3.91. The van der Waals surface area contributed by atoms with Crippen LogP contribution in [0.15, 0.2) is 54.6 Å². The normalized spacial score (nSPS) is 22.3.